The second-order valence-corrected chi connectivity index (χ2v) is 18.8. The van der Waals surface area contributed by atoms with Crippen molar-refractivity contribution in [1.82, 2.24) is 0 Å². The molecule has 3 aromatic rings. The van der Waals surface area contributed by atoms with E-state index >= 15 is 0 Å². The molecule has 4 N–H and O–H groups in total. The van der Waals surface area contributed by atoms with Crippen molar-refractivity contribution in [2.24, 2.45) is 314 Å². The van der Waals surface area contributed by atoms with Gasteiger partial charge in [-0.3, -0.25) is 4.79 Å². The molecule has 71 nitrogen and oxygen atoms in total. The maximum absolute atomic E-state index is 12.4. The third-order valence-corrected chi connectivity index (χ3v) is 10.9. The summed E-state index contributed by atoms with van der Waals surface area (Å²) >= 11 is 0. The predicted molar refractivity (Wildman–Crippen MR) is 378 cm³/mol. The van der Waals surface area contributed by atoms with Gasteiger partial charge in [0.05, 0.1) is 18.8 Å². The van der Waals surface area contributed by atoms with E-state index in [1.54, 1.807) is 56.7 Å². The molecule has 0 radical (unpaired) electrons. The number of methoxy groups -OCH3 is 2. The monoisotopic (exact) mass is 1640 g/mol. The molecule has 0 bridgehead atoms. The summed E-state index contributed by atoms with van der Waals surface area (Å²) in [5, 5.41) is 178. The molecule has 118 heavy (non-hydrogen) atoms. The number of ether oxygens (including phenoxy) is 5. The number of nitrogens with zero attached hydrogens (tertiary/aromatic N) is 59. The molecule has 0 heterocycles. The minimum Gasteiger partial charge on any atom is -0.463 e. The average molecular weight is 1650 g/mol. The molecule has 1 amide bonds. The SMILES string of the molecule is C=CC(=O)OCCCCCCCCOC.C=CC(=O)OCCCCCCCCOC.Cc1ccc(C(=O)Nc2ccc(OC(=O)c3ccc(C)cc3)cc2C)cc1.N=N/N=N/N=N/N=N/N=N/N=N/N=N/N=N/N=N/N=N/N=N/N=N/N=N/N=N/N=N/N=N/N=N/N=N/N=N/N=N/N=N/N=N/N=N/N=N/N=N/N=N/N=N/N=N/N=N/N=N/N. The molecule has 3 rings (SSSR count). The van der Waals surface area contributed by atoms with Gasteiger partial charge >= 0.3 is 17.9 Å². The first-order chi connectivity index (χ1) is 57.9. The van der Waals surface area contributed by atoms with E-state index in [-0.39, 0.29) is 17.8 Å². The Labute approximate surface area is 659 Å². The van der Waals surface area contributed by atoms with Crippen LogP contribution in [-0.4, -0.2) is 64.5 Å². The summed E-state index contributed by atoms with van der Waals surface area (Å²) in [6.07, 6.45) is 16.1. The number of hydrogen-bond donors (Lipinski definition) is 3. The first kappa shape index (κ1) is 101. The predicted octanol–water partition coefficient (Wildman–Crippen LogP) is 21.0. The van der Waals surface area contributed by atoms with E-state index in [1.807, 2.05) is 45.0 Å². The van der Waals surface area contributed by atoms with Crippen LogP contribution in [0.1, 0.15) is 114 Å². The van der Waals surface area contributed by atoms with E-state index in [0.29, 0.717) is 35.8 Å². The number of nitrogens with two attached hydrogens (primary N) is 1. The summed E-state index contributed by atoms with van der Waals surface area (Å²) in [7, 11) is 3.46. The van der Waals surface area contributed by atoms with Crippen LogP contribution in [0.25, 0.3) is 0 Å². The fourth-order valence-corrected chi connectivity index (χ4v) is 6.20. The minimum absolute atomic E-state index is 0.178. The summed E-state index contributed by atoms with van der Waals surface area (Å²) in [6.45, 7) is 15.2. The smallest absolute Gasteiger partial charge is 0.343 e. The highest BCUT2D eigenvalue weighted by molar-refractivity contribution is 6.04. The van der Waals surface area contributed by atoms with Crippen LogP contribution in [0, 0.1) is 26.3 Å². The molecular weight excluding hydrogens is 1580 g/mol. The fraction of sp³-hybridized carbons (Fsp3) is 0.447. The fourth-order valence-electron chi connectivity index (χ4n) is 6.20. The quantitative estimate of drug-likeness (QED) is 0.00911. The number of aryl methyl sites for hydroxylation is 3. The van der Waals surface area contributed by atoms with Crippen LogP contribution in [0.4, 0.5) is 5.69 Å². The zero-order valence-electron chi connectivity index (χ0n) is 62.4. The van der Waals surface area contributed by atoms with Crippen LogP contribution in [0.5, 0.6) is 5.75 Å². The molecule has 0 fully saturated rings. The van der Waals surface area contributed by atoms with Gasteiger partial charge in [0.15, 0.2) is 0 Å². The number of unbranched alkanes of at least 4 members (excludes halogenated alkanes) is 10. The Morgan fingerprint density at radius 3 is 0.805 bits per heavy atom. The largest absolute Gasteiger partial charge is 0.463 e. The Morgan fingerprint density at radius 2 is 0.568 bits per heavy atom. The zero-order valence-corrected chi connectivity index (χ0v) is 62.4. The number of rotatable bonds is 53. The number of benzene rings is 3. The van der Waals surface area contributed by atoms with E-state index in [9.17, 15) is 19.2 Å². The number of anilines is 1. The Balaban J connectivity index is 0.00000192. The van der Waals surface area contributed by atoms with Crippen molar-refractivity contribution in [3.05, 3.63) is 120 Å². The van der Waals surface area contributed by atoms with Crippen molar-refractivity contribution in [3.8, 4) is 5.75 Å². The molecule has 0 aliphatic heterocycles. The molecule has 0 saturated heterocycles. The van der Waals surface area contributed by atoms with Gasteiger partial charge in [-0.05, 0) is 173 Å². The van der Waals surface area contributed by atoms with Crippen LogP contribution in [0.3, 0.4) is 0 Å². The van der Waals surface area contributed by atoms with Crippen molar-refractivity contribution in [3.63, 3.8) is 0 Å². The lowest BCUT2D eigenvalue weighted by Gasteiger charge is -2.11. The van der Waals surface area contributed by atoms with Crippen LogP contribution < -0.4 is 15.9 Å². The van der Waals surface area contributed by atoms with Gasteiger partial charge < -0.3 is 34.8 Å². The summed E-state index contributed by atoms with van der Waals surface area (Å²) in [4.78, 5) is 45.9. The van der Waals surface area contributed by atoms with Crippen molar-refractivity contribution >= 4 is 29.5 Å². The molecule has 71 heteroatoms. The first-order valence-corrected chi connectivity index (χ1v) is 32.0. The molecule has 3 aromatic carbocycles. The van der Waals surface area contributed by atoms with E-state index in [1.165, 1.54) is 50.7 Å². The van der Waals surface area contributed by atoms with Crippen LogP contribution >= 0.6 is 0 Å². The van der Waals surface area contributed by atoms with E-state index < -0.39 is 5.97 Å². The molecule has 620 valence electrons. The van der Waals surface area contributed by atoms with Gasteiger partial charge in [-0.15, -0.1) is 0 Å². The number of esters is 3. The third kappa shape index (κ3) is 70.4. The van der Waals surface area contributed by atoms with Crippen molar-refractivity contribution < 1.29 is 42.9 Å². The lowest BCUT2D eigenvalue weighted by Crippen LogP contribution is -2.13. The van der Waals surface area contributed by atoms with Crippen LogP contribution in [0.15, 0.2) is 400 Å². The number of hydrogen-bond acceptors (Lipinski definition) is 11. The van der Waals surface area contributed by atoms with Gasteiger partial charge in [0.1, 0.15) is 5.75 Å². The van der Waals surface area contributed by atoms with Crippen LogP contribution in [-0.2, 0) is 28.5 Å². The summed E-state index contributed by atoms with van der Waals surface area (Å²) in [5.74, 6) is 3.83. The minimum atomic E-state index is -0.411. The van der Waals surface area contributed by atoms with Crippen molar-refractivity contribution in [1.29, 1.82) is 5.53 Å². The second-order valence-electron chi connectivity index (χ2n) is 18.8. The van der Waals surface area contributed by atoms with Gasteiger partial charge in [0.25, 0.3) is 5.91 Å². The second kappa shape index (κ2) is 80.7. The highest BCUT2D eigenvalue weighted by Gasteiger charge is 2.12. The van der Waals surface area contributed by atoms with Gasteiger partial charge in [0.2, 0.25) is 0 Å². The lowest BCUT2D eigenvalue weighted by molar-refractivity contribution is -0.138. The molecule has 0 atom stereocenters. The third-order valence-electron chi connectivity index (χ3n) is 10.9. The maximum Gasteiger partial charge on any atom is 0.343 e. The molecule has 0 aliphatic rings. The summed E-state index contributed by atoms with van der Waals surface area (Å²) in [6, 6.07) is 19.7. The van der Waals surface area contributed by atoms with E-state index in [2.05, 4.69) is 332 Å². The van der Waals surface area contributed by atoms with Crippen molar-refractivity contribution in [2.75, 3.05) is 46.0 Å². The van der Waals surface area contributed by atoms with Crippen molar-refractivity contribution in [2.45, 2.75) is 97.8 Å². The Kier molecular flexibility index (Phi) is 68.9. The topological polar surface area (TPSA) is 906 Å². The maximum atomic E-state index is 12.4. The van der Waals surface area contributed by atoms with Crippen LogP contribution in [0.2, 0.25) is 0 Å². The van der Waals surface area contributed by atoms with Gasteiger partial charge in [-0.25, -0.2) is 14.4 Å². The molecular formula is C47H68N62O9. The standard InChI is InChI=1S/C23H21NO3.2C12H22O3.H3N61/c1-15-4-8-18(9-5-15)22(25)24-21-13-12-20(14-17(21)3)27-23(26)19-10-6-16(2)7-11-19;2*1-3-12(13)15-11-9-7-5-4-6-8-10-14-2;1-3-5-7-9-11-13-15-17-19-21-23-25-27-29-31-33-35-37-39-41-43-45-47-49-51-53-55-57-59-61-60-58-56-54-52-50-48-46-44-42-40-38-36-34-32-30-28-26-24-22-20-18-16-14-12-10-8-6-4-2/h4-14H,1-3H3,(H,24,25);2*3H,1,4-11H2,2H3;(H3,1,2,5,6,9,10,13,14,17,18,21,22,25,26,29,30,33,34,37,38,41,42,45,46,49,50,53,54,57,58,61). The van der Waals surface area contributed by atoms with E-state index in [4.69, 9.17) is 29.2 Å². The first-order valence-electron chi connectivity index (χ1n) is 32.0. The molecule has 0 aliphatic carbocycles. The number of amides is 1. The summed E-state index contributed by atoms with van der Waals surface area (Å²) < 4.78 is 25.1. The zero-order chi connectivity index (χ0) is 85.8. The highest BCUT2D eigenvalue weighted by Crippen LogP contribution is 2.23. The Hall–Kier alpha value is -17.3. The van der Waals surface area contributed by atoms with E-state index in [0.717, 1.165) is 68.4 Å². The highest BCUT2D eigenvalue weighted by atomic mass is 16.5. The number of carbonyl (C=O) groups is 4. The Morgan fingerprint density at radius 1 is 0.331 bits per heavy atom. The molecule has 0 spiro atoms. The van der Waals surface area contributed by atoms with Gasteiger partial charge in [0, 0.05) is 275 Å². The normalized spacial score (nSPS) is 12.9. The average Bonchev–Trinajstić information content (AvgIpc) is 0.843. The molecule has 0 saturated carbocycles. The van der Waals surface area contributed by atoms with Gasteiger partial charge in [-0.1, -0.05) is 105 Å². The molecule has 0 aromatic heterocycles. The Bertz CT molecular complexity index is 4220. The number of carbonyl (C=O) groups excluding carboxylic acids is 4. The summed E-state index contributed by atoms with van der Waals surface area (Å²) in [5.41, 5.74) is 11.0. The van der Waals surface area contributed by atoms with Gasteiger partial charge in [-0.2, -0.15) is 5.53 Å². The number of nitrogens with one attached hydrogen (secondary N) is 2. The molecule has 0 unspecified atom stereocenters. The lowest BCUT2D eigenvalue weighted by atomic mass is 10.1.